The highest BCUT2D eigenvalue weighted by atomic mass is 16.3. The van der Waals surface area contributed by atoms with Crippen LogP contribution in [0, 0.1) is 0 Å². The molecule has 0 aliphatic heterocycles. The monoisotopic (exact) mass is 328 g/mol. The number of nitrogens with zero attached hydrogens (tertiary/aromatic N) is 2. The van der Waals surface area contributed by atoms with Gasteiger partial charge < -0.3 is 14.9 Å². The summed E-state index contributed by atoms with van der Waals surface area (Å²) in [6.07, 6.45) is 0. The van der Waals surface area contributed by atoms with Gasteiger partial charge in [-0.25, -0.2) is 0 Å². The van der Waals surface area contributed by atoms with Gasteiger partial charge in [-0.1, -0.05) is 24.3 Å². The van der Waals surface area contributed by atoms with E-state index in [-0.39, 0.29) is 24.6 Å². The second-order valence-electron chi connectivity index (χ2n) is 6.93. The van der Waals surface area contributed by atoms with Crippen LogP contribution in [0.4, 0.5) is 5.69 Å². The Labute approximate surface area is 144 Å². The molecule has 0 saturated heterocycles. The number of aliphatic hydroxyl groups excluding tert-OH is 1. The lowest BCUT2D eigenvalue weighted by molar-refractivity contribution is 0.0642. The summed E-state index contributed by atoms with van der Waals surface area (Å²) < 4.78 is 0. The third kappa shape index (κ3) is 3.24. The molecule has 1 amide bonds. The molecular formula is C20H28N2O2. The average Bonchev–Trinajstić information content (AvgIpc) is 2.51. The summed E-state index contributed by atoms with van der Waals surface area (Å²) in [5, 5.41) is 11.7. The van der Waals surface area contributed by atoms with E-state index in [2.05, 4.69) is 0 Å². The van der Waals surface area contributed by atoms with Gasteiger partial charge in [-0.3, -0.25) is 4.79 Å². The standard InChI is InChI=1S/C20H28N2O2/c1-13(2)22(14(3)4)20(24)19-16(12-23)11-10-15-8-7-9-17(18(15)19)21(5)6/h7-11,13-14,23H,12H2,1-6H3. The molecule has 0 aliphatic carbocycles. The zero-order chi connectivity index (χ0) is 18.0. The molecule has 2 rings (SSSR count). The molecule has 0 spiro atoms. The Morgan fingerprint density at radius 3 is 2.17 bits per heavy atom. The molecule has 0 bridgehead atoms. The largest absolute Gasteiger partial charge is 0.392 e. The molecule has 1 N–H and O–H groups in total. The van der Waals surface area contributed by atoms with Crippen molar-refractivity contribution in [1.82, 2.24) is 4.90 Å². The van der Waals surface area contributed by atoms with E-state index in [1.807, 2.05) is 81.9 Å². The number of hydrogen-bond donors (Lipinski definition) is 1. The van der Waals surface area contributed by atoms with Crippen LogP contribution in [-0.4, -0.2) is 42.1 Å². The van der Waals surface area contributed by atoms with E-state index in [0.29, 0.717) is 11.1 Å². The van der Waals surface area contributed by atoms with Gasteiger partial charge in [-0.15, -0.1) is 0 Å². The van der Waals surface area contributed by atoms with E-state index in [1.54, 1.807) is 0 Å². The molecule has 4 heteroatoms. The highest BCUT2D eigenvalue weighted by Gasteiger charge is 2.26. The second-order valence-corrected chi connectivity index (χ2v) is 6.93. The van der Waals surface area contributed by atoms with Crippen molar-refractivity contribution in [1.29, 1.82) is 0 Å². The van der Waals surface area contributed by atoms with Gasteiger partial charge in [0.1, 0.15) is 0 Å². The summed E-state index contributed by atoms with van der Waals surface area (Å²) >= 11 is 0. The van der Waals surface area contributed by atoms with Crippen molar-refractivity contribution < 1.29 is 9.90 Å². The van der Waals surface area contributed by atoms with E-state index < -0.39 is 0 Å². The molecule has 2 aromatic carbocycles. The fourth-order valence-corrected chi connectivity index (χ4v) is 3.35. The minimum absolute atomic E-state index is 0.0241. The maximum absolute atomic E-state index is 13.4. The van der Waals surface area contributed by atoms with Crippen LogP contribution in [0.25, 0.3) is 10.8 Å². The molecule has 130 valence electrons. The number of aliphatic hydroxyl groups is 1. The van der Waals surface area contributed by atoms with E-state index in [4.69, 9.17) is 0 Å². The van der Waals surface area contributed by atoms with Gasteiger partial charge in [-0.05, 0) is 44.7 Å². The first-order valence-corrected chi connectivity index (χ1v) is 8.45. The van der Waals surface area contributed by atoms with Gasteiger partial charge in [0.05, 0.1) is 12.2 Å². The number of anilines is 1. The van der Waals surface area contributed by atoms with Crippen molar-refractivity contribution in [2.24, 2.45) is 0 Å². The number of benzene rings is 2. The van der Waals surface area contributed by atoms with Crippen LogP contribution in [0.2, 0.25) is 0 Å². The third-order valence-corrected chi connectivity index (χ3v) is 4.32. The minimum atomic E-state index is -0.150. The van der Waals surface area contributed by atoms with E-state index in [1.165, 1.54) is 0 Å². The van der Waals surface area contributed by atoms with Crippen LogP contribution in [0.1, 0.15) is 43.6 Å². The van der Waals surface area contributed by atoms with Crippen LogP contribution < -0.4 is 4.90 Å². The Morgan fingerprint density at radius 2 is 1.67 bits per heavy atom. The van der Waals surface area contributed by atoms with Crippen LogP contribution in [0.5, 0.6) is 0 Å². The Morgan fingerprint density at radius 1 is 1.04 bits per heavy atom. The summed E-state index contributed by atoms with van der Waals surface area (Å²) in [4.78, 5) is 17.3. The first kappa shape index (κ1) is 18.3. The molecule has 0 heterocycles. The number of amides is 1. The smallest absolute Gasteiger partial charge is 0.255 e. The van der Waals surface area contributed by atoms with Crippen molar-refractivity contribution in [3.63, 3.8) is 0 Å². The summed E-state index contributed by atoms with van der Waals surface area (Å²) in [5.41, 5.74) is 2.27. The van der Waals surface area contributed by atoms with Gasteiger partial charge in [0, 0.05) is 37.3 Å². The van der Waals surface area contributed by atoms with Crippen LogP contribution >= 0.6 is 0 Å². The predicted molar refractivity (Wildman–Crippen MR) is 101 cm³/mol. The first-order chi connectivity index (χ1) is 11.3. The molecule has 0 saturated carbocycles. The number of carbonyl (C=O) groups is 1. The van der Waals surface area contributed by atoms with Gasteiger partial charge in [0.25, 0.3) is 5.91 Å². The predicted octanol–water partition coefficient (Wildman–Crippen LogP) is 3.66. The topological polar surface area (TPSA) is 43.8 Å². The van der Waals surface area contributed by atoms with Crippen molar-refractivity contribution in [2.45, 2.75) is 46.4 Å². The Bertz CT molecular complexity index is 728. The molecule has 0 aliphatic rings. The summed E-state index contributed by atoms with van der Waals surface area (Å²) in [5.74, 6) is -0.0241. The number of rotatable bonds is 5. The molecular weight excluding hydrogens is 300 g/mol. The van der Waals surface area contributed by atoms with Gasteiger partial charge >= 0.3 is 0 Å². The second kappa shape index (κ2) is 7.22. The lowest BCUT2D eigenvalue weighted by Crippen LogP contribution is -2.42. The van der Waals surface area contributed by atoms with E-state index in [9.17, 15) is 9.90 Å². The fraction of sp³-hybridized carbons (Fsp3) is 0.450. The SMILES string of the molecule is CC(C)N(C(=O)c1c(CO)ccc2cccc(N(C)C)c12)C(C)C. The number of hydrogen-bond acceptors (Lipinski definition) is 3. The minimum Gasteiger partial charge on any atom is -0.392 e. The molecule has 0 aromatic heterocycles. The Kier molecular flexibility index (Phi) is 5.50. The molecule has 0 atom stereocenters. The maximum atomic E-state index is 13.4. The maximum Gasteiger partial charge on any atom is 0.255 e. The molecule has 0 unspecified atom stereocenters. The van der Waals surface area contributed by atoms with E-state index >= 15 is 0 Å². The van der Waals surface area contributed by atoms with Crippen LogP contribution in [0.3, 0.4) is 0 Å². The lowest BCUT2D eigenvalue weighted by atomic mass is 9.95. The highest BCUT2D eigenvalue weighted by molar-refractivity contribution is 6.13. The molecule has 4 nitrogen and oxygen atoms in total. The summed E-state index contributed by atoms with van der Waals surface area (Å²) in [7, 11) is 3.94. The number of fused-ring (bicyclic) bond motifs is 1. The molecule has 2 aromatic rings. The Balaban J connectivity index is 2.82. The van der Waals surface area contributed by atoms with Crippen molar-refractivity contribution in [3.8, 4) is 0 Å². The van der Waals surface area contributed by atoms with Gasteiger partial charge in [-0.2, -0.15) is 0 Å². The summed E-state index contributed by atoms with van der Waals surface area (Å²) in [6, 6.07) is 10.0. The number of carbonyl (C=O) groups excluding carboxylic acids is 1. The first-order valence-electron chi connectivity index (χ1n) is 8.45. The quantitative estimate of drug-likeness (QED) is 0.911. The van der Waals surface area contributed by atoms with Crippen LogP contribution in [0.15, 0.2) is 30.3 Å². The van der Waals surface area contributed by atoms with Crippen molar-refractivity contribution in [3.05, 3.63) is 41.5 Å². The molecule has 0 fully saturated rings. The average molecular weight is 328 g/mol. The molecule has 0 radical (unpaired) electrons. The Hall–Kier alpha value is -2.07. The van der Waals surface area contributed by atoms with E-state index in [0.717, 1.165) is 16.5 Å². The highest BCUT2D eigenvalue weighted by Crippen LogP contribution is 2.32. The van der Waals surface area contributed by atoms with Crippen molar-refractivity contribution in [2.75, 3.05) is 19.0 Å². The zero-order valence-corrected chi connectivity index (χ0v) is 15.5. The normalized spacial score (nSPS) is 11.4. The summed E-state index contributed by atoms with van der Waals surface area (Å²) in [6.45, 7) is 7.94. The van der Waals surface area contributed by atoms with Gasteiger partial charge in [0.2, 0.25) is 0 Å². The fourth-order valence-electron chi connectivity index (χ4n) is 3.35. The van der Waals surface area contributed by atoms with Gasteiger partial charge in [0.15, 0.2) is 0 Å². The zero-order valence-electron chi connectivity index (χ0n) is 15.5. The van der Waals surface area contributed by atoms with Crippen LogP contribution in [-0.2, 0) is 6.61 Å². The molecule has 24 heavy (non-hydrogen) atoms. The lowest BCUT2D eigenvalue weighted by Gasteiger charge is -2.32. The van der Waals surface area contributed by atoms with Crippen molar-refractivity contribution >= 4 is 22.4 Å². The third-order valence-electron chi connectivity index (χ3n) is 4.32.